The number of likely N-dealkylation sites (tertiary alicyclic amines) is 1. The lowest BCUT2D eigenvalue weighted by atomic mass is 9.88. The summed E-state index contributed by atoms with van der Waals surface area (Å²) in [6, 6.07) is 5.39. The maximum atomic E-state index is 13.5. The van der Waals surface area contributed by atoms with Gasteiger partial charge in [0.1, 0.15) is 0 Å². The molecule has 4 heterocycles. The molecule has 4 atom stereocenters. The third-order valence-corrected chi connectivity index (χ3v) is 7.85. The molecule has 5 rings (SSSR count). The van der Waals surface area contributed by atoms with Gasteiger partial charge in [0.15, 0.2) is 0 Å². The first-order valence-corrected chi connectivity index (χ1v) is 11.6. The van der Waals surface area contributed by atoms with Gasteiger partial charge in [-0.1, -0.05) is 18.9 Å². The maximum absolute atomic E-state index is 13.5. The van der Waals surface area contributed by atoms with Gasteiger partial charge in [-0.3, -0.25) is 14.5 Å². The summed E-state index contributed by atoms with van der Waals surface area (Å²) < 4.78 is 7.39. The summed E-state index contributed by atoms with van der Waals surface area (Å²) in [5.41, 5.74) is 1.01. The van der Waals surface area contributed by atoms with Crippen LogP contribution in [0, 0.1) is 17.8 Å². The lowest BCUT2D eigenvalue weighted by Crippen LogP contribution is -2.51. The zero-order chi connectivity index (χ0) is 20.7. The van der Waals surface area contributed by atoms with Gasteiger partial charge in [0.2, 0.25) is 5.91 Å². The van der Waals surface area contributed by atoms with Gasteiger partial charge in [-0.2, -0.15) is 0 Å². The van der Waals surface area contributed by atoms with Crippen LogP contribution in [-0.4, -0.2) is 58.9 Å². The van der Waals surface area contributed by atoms with Gasteiger partial charge in [-0.25, -0.2) is 0 Å². The van der Waals surface area contributed by atoms with Crippen molar-refractivity contribution in [3.63, 3.8) is 0 Å². The van der Waals surface area contributed by atoms with E-state index < -0.39 is 0 Å². The summed E-state index contributed by atoms with van der Waals surface area (Å²) >= 11 is 0. The fourth-order valence-electron chi connectivity index (χ4n) is 6.35. The second-order valence-electron chi connectivity index (χ2n) is 9.54. The molecule has 2 saturated heterocycles. The molecule has 4 aliphatic rings. The number of nitrogens with zero attached hydrogens (tertiary/aromatic N) is 2. The zero-order valence-electron chi connectivity index (χ0n) is 17.5. The Morgan fingerprint density at radius 2 is 1.93 bits per heavy atom. The number of hydrogen-bond donors (Lipinski definition) is 2. The van der Waals surface area contributed by atoms with E-state index in [4.69, 9.17) is 4.74 Å². The molecular formula is C23H33N3O4. The normalized spacial score (nSPS) is 32.3. The molecule has 30 heavy (non-hydrogen) atoms. The van der Waals surface area contributed by atoms with Gasteiger partial charge in [-0.05, 0) is 37.7 Å². The molecule has 1 aliphatic carbocycles. The van der Waals surface area contributed by atoms with E-state index in [9.17, 15) is 14.7 Å². The van der Waals surface area contributed by atoms with Gasteiger partial charge in [0.25, 0.3) is 5.56 Å². The fraction of sp³-hybridized carbons (Fsp3) is 0.739. The molecule has 1 aromatic rings. The van der Waals surface area contributed by atoms with Gasteiger partial charge in [0.05, 0.1) is 12.1 Å². The molecule has 1 amide bonds. The molecule has 1 saturated carbocycles. The Hall–Kier alpha value is -1.70. The SMILES string of the molecule is O=C(NC1CCCC1)[C@@H]1[C@@H](CO)[C@@H]2Cn3c(cccc3=O)[C@@H]2N1CC1CCOCC1. The third kappa shape index (κ3) is 3.51. The Morgan fingerprint density at radius 1 is 1.17 bits per heavy atom. The number of hydrogen-bond acceptors (Lipinski definition) is 5. The number of ether oxygens (including phenoxy) is 1. The largest absolute Gasteiger partial charge is 0.396 e. The van der Waals surface area contributed by atoms with Crippen molar-refractivity contribution >= 4 is 5.91 Å². The number of carbonyl (C=O) groups is 1. The highest BCUT2D eigenvalue weighted by molar-refractivity contribution is 5.83. The van der Waals surface area contributed by atoms with Crippen molar-refractivity contribution in [2.75, 3.05) is 26.4 Å². The third-order valence-electron chi connectivity index (χ3n) is 7.85. The van der Waals surface area contributed by atoms with Crippen molar-refractivity contribution in [1.29, 1.82) is 0 Å². The average Bonchev–Trinajstić information content (AvgIpc) is 3.45. The number of rotatable bonds is 5. The van der Waals surface area contributed by atoms with E-state index in [1.165, 1.54) is 12.8 Å². The molecule has 3 aliphatic heterocycles. The molecule has 0 spiro atoms. The minimum atomic E-state index is -0.336. The van der Waals surface area contributed by atoms with Crippen LogP contribution in [-0.2, 0) is 16.1 Å². The Balaban J connectivity index is 1.47. The van der Waals surface area contributed by atoms with Crippen LogP contribution in [0.5, 0.6) is 0 Å². The van der Waals surface area contributed by atoms with Crippen molar-refractivity contribution in [2.24, 2.45) is 17.8 Å². The standard InChI is InChI=1S/C23H33N3O4/c27-14-18-17-13-25-19(6-3-7-20(25)28)21(17)26(12-15-8-10-30-11-9-15)22(18)23(29)24-16-4-1-2-5-16/h3,6-7,15-18,21-22,27H,1-2,4-5,8-14H2,(H,24,29)/t17-,18-,21+,22-/m0/s1. The molecule has 1 aromatic heterocycles. The Morgan fingerprint density at radius 3 is 2.67 bits per heavy atom. The fourth-order valence-corrected chi connectivity index (χ4v) is 6.35. The topological polar surface area (TPSA) is 83.8 Å². The molecule has 0 radical (unpaired) electrons. The number of fused-ring (bicyclic) bond motifs is 3. The lowest BCUT2D eigenvalue weighted by Gasteiger charge is -2.35. The maximum Gasteiger partial charge on any atom is 0.250 e. The molecular weight excluding hydrogens is 382 g/mol. The first kappa shape index (κ1) is 20.2. The van der Waals surface area contributed by atoms with Crippen molar-refractivity contribution in [1.82, 2.24) is 14.8 Å². The second kappa shape index (κ2) is 8.44. The number of aliphatic hydroxyl groups is 1. The summed E-state index contributed by atoms with van der Waals surface area (Å²) in [5, 5.41) is 13.6. The van der Waals surface area contributed by atoms with Crippen molar-refractivity contribution < 1.29 is 14.6 Å². The first-order valence-electron chi connectivity index (χ1n) is 11.6. The highest BCUT2D eigenvalue weighted by Crippen LogP contribution is 2.49. The molecule has 7 heteroatoms. The van der Waals surface area contributed by atoms with Crippen LogP contribution in [0.15, 0.2) is 23.0 Å². The Labute approximate surface area is 177 Å². The molecule has 2 N–H and O–H groups in total. The summed E-state index contributed by atoms with van der Waals surface area (Å²) in [7, 11) is 0. The number of nitrogens with one attached hydrogen (secondary N) is 1. The van der Waals surface area contributed by atoms with E-state index in [0.29, 0.717) is 12.5 Å². The number of aliphatic hydroxyl groups excluding tert-OH is 1. The van der Waals surface area contributed by atoms with E-state index in [2.05, 4.69) is 10.2 Å². The van der Waals surface area contributed by atoms with E-state index in [-0.39, 0.29) is 48.0 Å². The smallest absolute Gasteiger partial charge is 0.250 e. The molecule has 0 unspecified atom stereocenters. The molecule has 0 bridgehead atoms. The monoisotopic (exact) mass is 415 g/mol. The van der Waals surface area contributed by atoms with Crippen molar-refractivity contribution in [3.8, 4) is 0 Å². The van der Waals surface area contributed by atoms with Crippen LogP contribution in [0.2, 0.25) is 0 Å². The molecule has 0 aromatic carbocycles. The zero-order valence-corrected chi connectivity index (χ0v) is 17.5. The van der Waals surface area contributed by atoms with Crippen molar-refractivity contribution in [2.45, 2.75) is 63.2 Å². The van der Waals surface area contributed by atoms with Crippen LogP contribution in [0.4, 0.5) is 0 Å². The predicted octanol–water partition coefficient (Wildman–Crippen LogP) is 1.30. The average molecular weight is 416 g/mol. The first-order chi connectivity index (χ1) is 14.7. The van der Waals surface area contributed by atoms with Crippen LogP contribution < -0.4 is 10.9 Å². The summed E-state index contributed by atoms with van der Waals surface area (Å²) in [4.78, 5) is 28.3. The second-order valence-corrected chi connectivity index (χ2v) is 9.54. The molecule has 3 fully saturated rings. The number of carbonyl (C=O) groups excluding carboxylic acids is 1. The van der Waals surface area contributed by atoms with E-state index in [0.717, 1.165) is 51.1 Å². The quantitative estimate of drug-likeness (QED) is 0.757. The minimum absolute atomic E-state index is 0.0107. The van der Waals surface area contributed by atoms with Crippen LogP contribution >= 0.6 is 0 Å². The van der Waals surface area contributed by atoms with E-state index in [1.807, 2.05) is 16.7 Å². The lowest BCUT2D eigenvalue weighted by molar-refractivity contribution is -0.128. The van der Waals surface area contributed by atoms with Crippen molar-refractivity contribution in [3.05, 3.63) is 34.2 Å². The molecule has 164 valence electrons. The van der Waals surface area contributed by atoms with Gasteiger partial charge < -0.3 is 19.7 Å². The molecule has 7 nitrogen and oxygen atoms in total. The van der Waals surface area contributed by atoms with E-state index >= 15 is 0 Å². The van der Waals surface area contributed by atoms with Crippen LogP contribution in [0.1, 0.15) is 50.3 Å². The van der Waals surface area contributed by atoms with Gasteiger partial charge >= 0.3 is 0 Å². The van der Waals surface area contributed by atoms with Crippen LogP contribution in [0.25, 0.3) is 0 Å². The predicted molar refractivity (Wildman–Crippen MR) is 112 cm³/mol. The minimum Gasteiger partial charge on any atom is -0.396 e. The number of pyridine rings is 1. The number of amides is 1. The van der Waals surface area contributed by atoms with E-state index in [1.54, 1.807) is 6.07 Å². The highest BCUT2D eigenvalue weighted by Gasteiger charge is 2.55. The highest BCUT2D eigenvalue weighted by atomic mass is 16.5. The number of aromatic nitrogens is 1. The summed E-state index contributed by atoms with van der Waals surface area (Å²) in [6.07, 6.45) is 6.44. The Kier molecular flexibility index (Phi) is 5.69. The van der Waals surface area contributed by atoms with Gasteiger partial charge in [0, 0.05) is 62.5 Å². The van der Waals surface area contributed by atoms with Gasteiger partial charge in [-0.15, -0.1) is 0 Å². The van der Waals surface area contributed by atoms with Crippen LogP contribution in [0.3, 0.4) is 0 Å². The summed E-state index contributed by atoms with van der Waals surface area (Å²) in [6.45, 7) is 2.90. The summed E-state index contributed by atoms with van der Waals surface area (Å²) in [5.74, 6) is 0.468. The Bertz CT molecular complexity index is 828.